The molecule has 7 heteroatoms. The summed E-state index contributed by atoms with van der Waals surface area (Å²) in [5.74, 6) is -0.611. The molecule has 0 heterocycles. The molecule has 0 aromatic heterocycles. The molecule has 5 nitrogen and oxygen atoms in total. The highest BCUT2D eigenvalue weighted by Gasteiger charge is 2.21. The van der Waals surface area contributed by atoms with Crippen LogP contribution in [0.4, 0.5) is 0 Å². The fraction of sp³-hybridized carbons (Fsp3) is 0.364. The number of carbonyl (C=O) groups is 1. The van der Waals surface area contributed by atoms with E-state index in [1.54, 1.807) is 20.8 Å². The van der Waals surface area contributed by atoms with E-state index in [1.807, 2.05) is 0 Å². The molecule has 0 aliphatic rings. The van der Waals surface area contributed by atoms with Crippen molar-refractivity contribution in [3.8, 4) is 0 Å². The highest BCUT2D eigenvalue weighted by atomic mass is 79.9. The van der Waals surface area contributed by atoms with E-state index in [2.05, 4.69) is 15.9 Å². The van der Waals surface area contributed by atoms with Gasteiger partial charge in [0.1, 0.15) is 5.60 Å². The van der Waals surface area contributed by atoms with Gasteiger partial charge in [-0.1, -0.05) is 0 Å². The summed E-state index contributed by atoms with van der Waals surface area (Å²) >= 11 is 3.17. The van der Waals surface area contributed by atoms with Crippen molar-refractivity contribution in [1.29, 1.82) is 0 Å². The van der Waals surface area contributed by atoms with Gasteiger partial charge in [0, 0.05) is 4.47 Å². The number of rotatable bonds is 2. The van der Waals surface area contributed by atoms with E-state index in [0.29, 0.717) is 4.47 Å². The van der Waals surface area contributed by atoms with Crippen LogP contribution >= 0.6 is 15.9 Å². The minimum atomic E-state index is -3.85. The second-order valence-electron chi connectivity index (χ2n) is 4.69. The van der Waals surface area contributed by atoms with Crippen molar-refractivity contribution in [3.05, 3.63) is 28.2 Å². The summed E-state index contributed by atoms with van der Waals surface area (Å²) in [5, 5.41) is 5.01. The van der Waals surface area contributed by atoms with Crippen LogP contribution in [0.5, 0.6) is 0 Å². The van der Waals surface area contributed by atoms with Crippen LogP contribution in [0.25, 0.3) is 0 Å². The number of halogens is 1. The van der Waals surface area contributed by atoms with Crippen molar-refractivity contribution in [3.63, 3.8) is 0 Å². The molecule has 100 valence electrons. The van der Waals surface area contributed by atoms with Gasteiger partial charge in [-0.15, -0.1) is 0 Å². The molecule has 0 saturated heterocycles. The van der Waals surface area contributed by atoms with Gasteiger partial charge in [0.15, 0.2) is 0 Å². The number of sulfonamides is 1. The van der Waals surface area contributed by atoms with Crippen molar-refractivity contribution < 1.29 is 17.9 Å². The minimum Gasteiger partial charge on any atom is -0.456 e. The lowest BCUT2D eigenvalue weighted by Crippen LogP contribution is -2.24. The maximum absolute atomic E-state index is 11.9. The van der Waals surface area contributed by atoms with Crippen LogP contribution in [0.3, 0.4) is 0 Å². The van der Waals surface area contributed by atoms with E-state index in [0.717, 1.165) is 0 Å². The highest BCUT2D eigenvalue weighted by molar-refractivity contribution is 9.10. The number of benzene rings is 1. The zero-order chi connectivity index (χ0) is 14.1. The summed E-state index contributed by atoms with van der Waals surface area (Å²) in [4.78, 5) is 11.7. The average molecular weight is 336 g/mol. The van der Waals surface area contributed by atoms with Gasteiger partial charge < -0.3 is 4.74 Å². The smallest absolute Gasteiger partial charge is 0.339 e. The Labute approximate surface area is 114 Å². The quantitative estimate of drug-likeness (QED) is 0.838. The number of esters is 1. The van der Waals surface area contributed by atoms with E-state index in [-0.39, 0.29) is 10.5 Å². The Kier molecular flexibility index (Phi) is 4.19. The van der Waals surface area contributed by atoms with Crippen LogP contribution in [0, 0.1) is 0 Å². The van der Waals surface area contributed by atoms with Crippen LogP contribution in [-0.2, 0) is 14.8 Å². The largest absolute Gasteiger partial charge is 0.456 e. The standard InChI is InChI=1S/C11H14BrNO4S/c1-11(2,3)17-10(14)8-6-7(18(13,15)16)4-5-9(8)12/h4-6H,1-3H3,(H2,13,15,16). The van der Waals surface area contributed by atoms with E-state index < -0.39 is 21.6 Å². The maximum Gasteiger partial charge on any atom is 0.339 e. The van der Waals surface area contributed by atoms with Crippen LogP contribution in [-0.4, -0.2) is 20.0 Å². The Hall–Kier alpha value is -0.920. The Morgan fingerprint density at radius 3 is 2.33 bits per heavy atom. The molecule has 0 amide bonds. The van der Waals surface area contributed by atoms with Crippen LogP contribution in [0.2, 0.25) is 0 Å². The maximum atomic E-state index is 11.9. The van der Waals surface area contributed by atoms with Crippen LogP contribution in [0.15, 0.2) is 27.6 Å². The number of hydrogen-bond acceptors (Lipinski definition) is 4. The van der Waals surface area contributed by atoms with Gasteiger partial charge in [-0.25, -0.2) is 18.4 Å². The molecule has 18 heavy (non-hydrogen) atoms. The summed E-state index contributed by atoms with van der Waals surface area (Å²) < 4.78 is 28.0. The predicted octanol–water partition coefficient (Wildman–Crippen LogP) is 2.05. The second kappa shape index (κ2) is 4.99. The first-order valence-electron chi connectivity index (χ1n) is 5.06. The first-order valence-corrected chi connectivity index (χ1v) is 7.40. The molecule has 1 aromatic rings. The third kappa shape index (κ3) is 4.08. The Morgan fingerprint density at radius 2 is 1.89 bits per heavy atom. The van der Waals surface area contributed by atoms with E-state index in [4.69, 9.17) is 9.88 Å². The van der Waals surface area contributed by atoms with Gasteiger partial charge in [0.05, 0.1) is 10.5 Å². The van der Waals surface area contributed by atoms with Gasteiger partial charge in [0.2, 0.25) is 10.0 Å². The Balaban J connectivity index is 3.21. The molecule has 0 spiro atoms. The molecule has 2 N–H and O–H groups in total. The second-order valence-corrected chi connectivity index (χ2v) is 7.10. The minimum absolute atomic E-state index is 0.122. The fourth-order valence-corrected chi connectivity index (χ4v) is 2.12. The summed E-state index contributed by atoms with van der Waals surface area (Å²) in [5.41, 5.74) is -0.537. The average Bonchev–Trinajstić information content (AvgIpc) is 2.13. The SMILES string of the molecule is CC(C)(C)OC(=O)c1cc(S(N)(=O)=O)ccc1Br. The lowest BCUT2D eigenvalue weighted by atomic mass is 10.1. The lowest BCUT2D eigenvalue weighted by Gasteiger charge is -2.20. The van der Waals surface area contributed by atoms with E-state index >= 15 is 0 Å². The van der Waals surface area contributed by atoms with Crippen LogP contribution < -0.4 is 5.14 Å². The van der Waals surface area contributed by atoms with Gasteiger partial charge >= 0.3 is 5.97 Å². The van der Waals surface area contributed by atoms with E-state index in [9.17, 15) is 13.2 Å². The molecule has 0 radical (unpaired) electrons. The Morgan fingerprint density at radius 1 is 1.33 bits per heavy atom. The normalized spacial score (nSPS) is 12.3. The van der Waals surface area contributed by atoms with Crippen molar-refractivity contribution in [2.75, 3.05) is 0 Å². The summed E-state index contributed by atoms with van der Waals surface area (Å²) in [7, 11) is -3.85. The first kappa shape index (κ1) is 15.1. The molecular formula is C11H14BrNO4S. The number of carbonyl (C=O) groups excluding carboxylic acids is 1. The molecule has 0 fully saturated rings. The highest BCUT2D eigenvalue weighted by Crippen LogP contribution is 2.23. The van der Waals surface area contributed by atoms with Crippen molar-refractivity contribution in [2.24, 2.45) is 5.14 Å². The Bertz CT molecular complexity index is 575. The van der Waals surface area contributed by atoms with E-state index in [1.165, 1.54) is 18.2 Å². The summed E-state index contributed by atoms with van der Waals surface area (Å²) in [6.45, 7) is 5.17. The van der Waals surface area contributed by atoms with Gasteiger partial charge in [-0.3, -0.25) is 0 Å². The van der Waals surface area contributed by atoms with Crippen molar-refractivity contribution in [2.45, 2.75) is 31.3 Å². The zero-order valence-electron chi connectivity index (χ0n) is 10.2. The predicted molar refractivity (Wildman–Crippen MR) is 70.7 cm³/mol. The fourth-order valence-electron chi connectivity index (χ4n) is 1.17. The molecular weight excluding hydrogens is 322 g/mol. The number of ether oxygens (including phenoxy) is 1. The van der Waals surface area contributed by atoms with Gasteiger partial charge in [-0.2, -0.15) is 0 Å². The third-order valence-electron chi connectivity index (χ3n) is 1.89. The van der Waals surface area contributed by atoms with Crippen molar-refractivity contribution in [1.82, 2.24) is 0 Å². The molecule has 0 aliphatic carbocycles. The number of hydrogen-bond donors (Lipinski definition) is 1. The molecule has 0 atom stereocenters. The van der Waals surface area contributed by atoms with Gasteiger partial charge in [-0.05, 0) is 54.9 Å². The molecule has 1 aromatic carbocycles. The topological polar surface area (TPSA) is 86.5 Å². The van der Waals surface area contributed by atoms with Crippen LogP contribution in [0.1, 0.15) is 31.1 Å². The lowest BCUT2D eigenvalue weighted by molar-refractivity contribution is 0.00682. The number of nitrogens with two attached hydrogens (primary N) is 1. The van der Waals surface area contributed by atoms with Gasteiger partial charge in [0.25, 0.3) is 0 Å². The molecule has 0 aliphatic heterocycles. The molecule has 0 unspecified atom stereocenters. The summed E-state index contributed by atoms with van der Waals surface area (Å²) in [6.07, 6.45) is 0. The monoisotopic (exact) mass is 335 g/mol. The zero-order valence-corrected chi connectivity index (χ0v) is 12.6. The first-order chi connectivity index (χ1) is 8.00. The number of primary sulfonamides is 1. The third-order valence-corrected chi connectivity index (χ3v) is 3.49. The molecule has 0 bridgehead atoms. The van der Waals surface area contributed by atoms with Crippen molar-refractivity contribution >= 4 is 31.9 Å². The molecule has 0 saturated carbocycles. The molecule has 1 rings (SSSR count). The summed E-state index contributed by atoms with van der Waals surface area (Å²) in [6, 6.07) is 3.94.